The topological polar surface area (TPSA) is 38.8 Å². The van der Waals surface area contributed by atoms with Crippen molar-refractivity contribution in [3.8, 4) is 5.75 Å². The highest BCUT2D eigenvalue weighted by Crippen LogP contribution is 2.31. The van der Waals surface area contributed by atoms with Crippen LogP contribution in [-0.4, -0.2) is 30.2 Å². The molecule has 0 saturated carbocycles. The number of carbonyl (C=O) groups is 1. The Morgan fingerprint density at radius 3 is 2.83 bits per heavy atom. The van der Waals surface area contributed by atoms with Crippen LogP contribution in [0.4, 0.5) is 10.5 Å². The molecule has 0 aromatic heterocycles. The van der Waals surface area contributed by atoms with Gasteiger partial charge >= 0.3 is 6.09 Å². The van der Waals surface area contributed by atoms with Crippen molar-refractivity contribution in [2.45, 2.75) is 39.2 Å². The molecule has 1 aromatic carbocycles. The summed E-state index contributed by atoms with van der Waals surface area (Å²) in [6, 6.07) is 5.87. The van der Waals surface area contributed by atoms with Gasteiger partial charge in [0, 0.05) is 11.9 Å². The molecule has 0 saturated heterocycles. The number of carbonyl (C=O) groups excluding carboxylic acids is 1. The molecule has 0 bridgehead atoms. The second-order valence-electron chi connectivity index (χ2n) is 6.46. The summed E-state index contributed by atoms with van der Waals surface area (Å²) in [7, 11) is 0. The van der Waals surface area contributed by atoms with Crippen molar-refractivity contribution in [2.24, 2.45) is 0 Å². The van der Waals surface area contributed by atoms with Crippen LogP contribution in [0.3, 0.4) is 0 Å². The van der Waals surface area contributed by atoms with Crippen molar-refractivity contribution in [1.29, 1.82) is 0 Å². The monoisotopic (exact) mass is 381 g/mol. The number of aryl methyl sites for hydroxylation is 1. The molecule has 1 aromatic rings. The average molecular weight is 382 g/mol. The molecular weight excluding hydrogens is 358 g/mol. The quantitative estimate of drug-likeness (QED) is 0.560. The lowest BCUT2D eigenvalue weighted by Gasteiger charge is -2.31. The Kier molecular flexibility index (Phi) is 6.10. The molecule has 0 radical (unpaired) electrons. The number of allylic oxidation sites excluding steroid dienone is 1. The van der Waals surface area contributed by atoms with Gasteiger partial charge in [-0.1, -0.05) is 28.1 Å². The van der Waals surface area contributed by atoms with E-state index in [1.165, 1.54) is 0 Å². The molecular formula is C18H24BrNO3. The van der Waals surface area contributed by atoms with Gasteiger partial charge in [0.25, 0.3) is 0 Å². The maximum absolute atomic E-state index is 12.4. The van der Waals surface area contributed by atoms with Gasteiger partial charge in [-0.2, -0.15) is 0 Å². The molecule has 23 heavy (non-hydrogen) atoms. The molecule has 0 unspecified atom stereocenters. The number of nitrogens with zero attached hydrogens (tertiary/aromatic N) is 1. The van der Waals surface area contributed by atoms with E-state index in [1.54, 1.807) is 4.90 Å². The van der Waals surface area contributed by atoms with E-state index in [9.17, 15) is 4.79 Å². The molecule has 1 heterocycles. The fourth-order valence-corrected chi connectivity index (χ4v) is 2.71. The van der Waals surface area contributed by atoms with Gasteiger partial charge < -0.3 is 9.47 Å². The first-order valence-corrected chi connectivity index (χ1v) is 9.00. The van der Waals surface area contributed by atoms with Crippen LogP contribution < -0.4 is 9.64 Å². The summed E-state index contributed by atoms with van der Waals surface area (Å²) in [5, 5.41) is 0.825. The zero-order chi connectivity index (χ0) is 16.9. The highest BCUT2D eigenvalue weighted by molar-refractivity contribution is 9.09. The summed E-state index contributed by atoms with van der Waals surface area (Å²) in [6.45, 7) is 6.88. The van der Waals surface area contributed by atoms with Crippen LogP contribution in [-0.2, 0) is 11.2 Å². The van der Waals surface area contributed by atoms with Gasteiger partial charge in [0.2, 0.25) is 0 Å². The number of hydrogen-bond donors (Lipinski definition) is 0. The van der Waals surface area contributed by atoms with Crippen LogP contribution in [0.5, 0.6) is 5.75 Å². The maximum atomic E-state index is 12.4. The van der Waals surface area contributed by atoms with E-state index in [2.05, 4.69) is 15.9 Å². The third kappa shape index (κ3) is 5.27. The lowest BCUT2D eigenvalue weighted by Crippen LogP contribution is -2.39. The normalized spacial score (nSPS) is 14.7. The highest BCUT2D eigenvalue weighted by Gasteiger charge is 2.27. The Labute approximate surface area is 146 Å². The summed E-state index contributed by atoms with van der Waals surface area (Å²) in [4.78, 5) is 14.1. The third-order valence-electron chi connectivity index (χ3n) is 3.39. The van der Waals surface area contributed by atoms with Crippen LogP contribution in [0.25, 0.3) is 0 Å². The molecule has 0 spiro atoms. The Balaban J connectivity index is 2.10. The third-order valence-corrected chi connectivity index (χ3v) is 3.76. The van der Waals surface area contributed by atoms with Crippen LogP contribution in [0.1, 0.15) is 32.8 Å². The minimum Gasteiger partial charge on any atom is -0.490 e. The lowest BCUT2D eigenvalue weighted by molar-refractivity contribution is 0.0578. The van der Waals surface area contributed by atoms with E-state index >= 15 is 0 Å². The number of ether oxygens (including phenoxy) is 2. The zero-order valence-corrected chi connectivity index (χ0v) is 15.6. The molecule has 1 amide bonds. The second-order valence-corrected chi connectivity index (χ2v) is 7.11. The second kappa shape index (κ2) is 7.86. The van der Waals surface area contributed by atoms with Crippen LogP contribution in [0.2, 0.25) is 0 Å². The first-order valence-electron chi connectivity index (χ1n) is 7.88. The largest absolute Gasteiger partial charge is 0.490 e. The Morgan fingerprint density at radius 2 is 2.13 bits per heavy atom. The summed E-state index contributed by atoms with van der Waals surface area (Å²) >= 11 is 3.33. The van der Waals surface area contributed by atoms with Gasteiger partial charge in [-0.15, -0.1) is 0 Å². The summed E-state index contributed by atoms with van der Waals surface area (Å²) in [5.41, 5.74) is 1.57. The summed E-state index contributed by atoms with van der Waals surface area (Å²) in [5.74, 6) is 0.828. The van der Waals surface area contributed by atoms with Crippen molar-refractivity contribution < 1.29 is 14.3 Å². The maximum Gasteiger partial charge on any atom is 0.414 e. The number of alkyl halides is 1. The SMILES string of the molecule is CC(C)(C)OC(=O)N1CCCc2cc(OCC=CCBr)ccc21. The number of halogens is 1. The van der Waals surface area contributed by atoms with Crippen molar-refractivity contribution in [2.75, 3.05) is 23.4 Å². The molecule has 0 atom stereocenters. The van der Waals surface area contributed by atoms with Crippen molar-refractivity contribution in [1.82, 2.24) is 0 Å². The molecule has 1 aliphatic heterocycles. The Morgan fingerprint density at radius 1 is 1.35 bits per heavy atom. The van der Waals surface area contributed by atoms with Crippen LogP contribution in [0, 0.1) is 0 Å². The lowest BCUT2D eigenvalue weighted by atomic mass is 10.0. The van der Waals surface area contributed by atoms with E-state index in [0.717, 1.165) is 35.2 Å². The number of hydrogen-bond acceptors (Lipinski definition) is 3. The van der Waals surface area contributed by atoms with Gasteiger partial charge in [-0.05, 0) is 57.4 Å². The summed E-state index contributed by atoms with van der Waals surface area (Å²) in [6.07, 6.45) is 5.57. The molecule has 0 N–H and O–H groups in total. The van der Waals surface area contributed by atoms with Gasteiger partial charge in [0.05, 0.1) is 5.69 Å². The molecule has 0 aliphatic carbocycles. The minimum absolute atomic E-state index is 0.285. The minimum atomic E-state index is -0.487. The summed E-state index contributed by atoms with van der Waals surface area (Å²) < 4.78 is 11.2. The zero-order valence-electron chi connectivity index (χ0n) is 14.0. The first kappa shape index (κ1) is 17.9. The number of fused-ring (bicyclic) bond motifs is 1. The van der Waals surface area contributed by atoms with Crippen molar-refractivity contribution in [3.05, 3.63) is 35.9 Å². The smallest absolute Gasteiger partial charge is 0.414 e. The van der Waals surface area contributed by atoms with Gasteiger partial charge in [-0.25, -0.2) is 4.79 Å². The van der Waals surface area contributed by atoms with Crippen molar-refractivity contribution in [3.63, 3.8) is 0 Å². The van der Waals surface area contributed by atoms with Gasteiger partial charge in [-0.3, -0.25) is 4.90 Å². The van der Waals surface area contributed by atoms with E-state index in [0.29, 0.717) is 13.2 Å². The molecule has 4 nitrogen and oxygen atoms in total. The van der Waals surface area contributed by atoms with Gasteiger partial charge in [0.15, 0.2) is 0 Å². The fourth-order valence-electron chi connectivity index (χ4n) is 2.45. The molecule has 0 fully saturated rings. The van der Waals surface area contributed by atoms with Crippen LogP contribution in [0.15, 0.2) is 30.4 Å². The highest BCUT2D eigenvalue weighted by atomic mass is 79.9. The van der Waals surface area contributed by atoms with E-state index in [-0.39, 0.29) is 6.09 Å². The van der Waals surface area contributed by atoms with E-state index in [4.69, 9.17) is 9.47 Å². The standard InChI is InChI=1S/C18H24BrNO3/c1-18(2,3)23-17(21)20-11-6-7-14-13-15(8-9-16(14)20)22-12-5-4-10-19/h4-5,8-9,13H,6-7,10-12H2,1-3H3. The van der Waals surface area contributed by atoms with Crippen LogP contribution >= 0.6 is 15.9 Å². The molecule has 2 rings (SSSR count). The fraction of sp³-hybridized carbons (Fsp3) is 0.500. The van der Waals surface area contributed by atoms with E-state index < -0.39 is 5.60 Å². The predicted octanol–water partition coefficient (Wildman–Crippen LogP) is 4.70. The number of anilines is 1. The van der Waals surface area contributed by atoms with Gasteiger partial charge in [0.1, 0.15) is 18.0 Å². The van der Waals surface area contributed by atoms with E-state index in [1.807, 2.05) is 51.1 Å². The molecule has 5 heteroatoms. The predicted molar refractivity (Wildman–Crippen MR) is 96.8 cm³/mol. The molecule has 126 valence electrons. The Bertz CT molecular complexity index is 578. The number of rotatable bonds is 4. The average Bonchev–Trinajstić information content (AvgIpc) is 2.49. The Hall–Kier alpha value is -1.49. The number of benzene rings is 1. The number of amides is 1. The van der Waals surface area contributed by atoms with Crippen molar-refractivity contribution >= 4 is 27.7 Å². The first-order chi connectivity index (χ1) is 10.9. The molecule has 1 aliphatic rings.